The largest absolute Gasteiger partial charge is 0.323 e. The van der Waals surface area contributed by atoms with Gasteiger partial charge in [-0.25, -0.2) is 0 Å². The van der Waals surface area contributed by atoms with Crippen LogP contribution in [-0.4, -0.2) is 11.4 Å². The van der Waals surface area contributed by atoms with Gasteiger partial charge in [0.15, 0.2) is 0 Å². The second kappa shape index (κ2) is 8.44. The summed E-state index contributed by atoms with van der Waals surface area (Å²) < 4.78 is 0. The molecule has 2 nitrogen and oxygen atoms in total. The molecule has 24 heavy (non-hydrogen) atoms. The molecule has 0 spiro atoms. The highest BCUT2D eigenvalue weighted by Crippen LogP contribution is 2.16. The minimum Gasteiger partial charge on any atom is -0.323 e. The molecule has 2 N–H and O–H groups in total. The van der Waals surface area contributed by atoms with Gasteiger partial charge in [0, 0.05) is 25.7 Å². The highest BCUT2D eigenvalue weighted by atomic mass is 15.1. The first-order chi connectivity index (χ1) is 11.8. The van der Waals surface area contributed by atoms with Crippen molar-refractivity contribution in [1.82, 2.24) is 4.90 Å². The zero-order valence-electron chi connectivity index (χ0n) is 13.9. The van der Waals surface area contributed by atoms with E-state index in [2.05, 4.69) is 77.7 Å². The van der Waals surface area contributed by atoms with Crippen LogP contribution in [0.25, 0.3) is 0 Å². The summed E-state index contributed by atoms with van der Waals surface area (Å²) >= 11 is 0. The molecule has 0 aliphatic rings. The summed E-state index contributed by atoms with van der Waals surface area (Å²) in [7, 11) is 0. The van der Waals surface area contributed by atoms with Gasteiger partial charge in [-0.1, -0.05) is 91.0 Å². The Morgan fingerprint density at radius 3 is 1.50 bits per heavy atom. The zero-order chi connectivity index (χ0) is 16.6. The first-order valence-corrected chi connectivity index (χ1v) is 8.42. The van der Waals surface area contributed by atoms with Crippen LogP contribution in [0.15, 0.2) is 91.0 Å². The van der Waals surface area contributed by atoms with Gasteiger partial charge in [0.05, 0.1) is 0 Å². The molecular weight excluding hydrogens is 292 g/mol. The van der Waals surface area contributed by atoms with E-state index >= 15 is 0 Å². The summed E-state index contributed by atoms with van der Waals surface area (Å²) in [4.78, 5) is 2.42. The summed E-state index contributed by atoms with van der Waals surface area (Å²) in [6.07, 6.45) is 0. The maximum absolute atomic E-state index is 6.46. The van der Waals surface area contributed by atoms with Gasteiger partial charge >= 0.3 is 0 Å². The van der Waals surface area contributed by atoms with Crippen molar-refractivity contribution in [2.75, 3.05) is 6.54 Å². The van der Waals surface area contributed by atoms with E-state index < -0.39 is 0 Å². The Kier molecular flexibility index (Phi) is 5.78. The third kappa shape index (κ3) is 4.79. The van der Waals surface area contributed by atoms with Gasteiger partial charge in [-0.3, -0.25) is 4.90 Å². The molecule has 0 radical (unpaired) electrons. The van der Waals surface area contributed by atoms with Gasteiger partial charge in [0.1, 0.15) is 0 Å². The molecule has 0 saturated carbocycles. The lowest BCUT2D eigenvalue weighted by Gasteiger charge is -2.26. The van der Waals surface area contributed by atoms with Crippen molar-refractivity contribution >= 4 is 0 Å². The third-order valence-electron chi connectivity index (χ3n) is 4.18. The van der Waals surface area contributed by atoms with Crippen LogP contribution in [0.2, 0.25) is 0 Å². The highest BCUT2D eigenvalue weighted by Gasteiger charge is 2.13. The first-order valence-electron chi connectivity index (χ1n) is 8.42. The molecule has 3 aromatic carbocycles. The predicted octanol–water partition coefficient (Wildman–Crippen LogP) is 4.39. The molecular formula is C22H24N2. The van der Waals surface area contributed by atoms with Crippen LogP contribution in [0.1, 0.15) is 22.7 Å². The molecule has 0 aromatic heterocycles. The molecule has 2 heteroatoms. The Balaban J connectivity index is 1.73. The lowest BCUT2D eigenvalue weighted by Crippen LogP contribution is -2.31. The Morgan fingerprint density at radius 1 is 0.625 bits per heavy atom. The molecule has 3 rings (SSSR count). The van der Waals surface area contributed by atoms with Gasteiger partial charge in [0.25, 0.3) is 0 Å². The molecule has 0 saturated heterocycles. The Hall–Kier alpha value is -2.42. The fourth-order valence-electron chi connectivity index (χ4n) is 2.95. The van der Waals surface area contributed by atoms with E-state index in [4.69, 9.17) is 5.73 Å². The lowest BCUT2D eigenvalue weighted by molar-refractivity contribution is 0.240. The van der Waals surface area contributed by atoms with Gasteiger partial charge in [-0.2, -0.15) is 0 Å². The van der Waals surface area contributed by atoms with E-state index in [0.717, 1.165) is 19.6 Å². The average molecular weight is 316 g/mol. The average Bonchev–Trinajstić information content (AvgIpc) is 2.64. The lowest BCUT2D eigenvalue weighted by atomic mass is 10.1. The predicted molar refractivity (Wildman–Crippen MR) is 100 cm³/mol. The molecule has 3 aromatic rings. The Labute approximate surface area is 144 Å². The molecule has 0 bridgehead atoms. The van der Waals surface area contributed by atoms with Gasteiger partial charge in [0.2, 0.25) is 0 Å². The van der Waals surface area contributed by atoms with E-state index in [0.29, 0.717) is 0 Å². The molecule has 0 unspecified atom stereocenters. The van der Waals surface area contributed by atoms with Crippen molar-refractivity contribution in [3.05, 3.63) is 108 Å². The number of rotatable bonds is 7. The summed E-state index contributed by atoms with van der Waals surface area (Å²) in [5.41, 5.74) is 10.3. The maximum Gasteiger partial charge on any atom is 0.0424 e. The fraction of sp³-hybridized carbons (Fsp3) is 0.182. The third-order valence-corrected chi connectivity index (χ3v) is 4.18. The van der Waals surface area contributed by atoms with Crippen molar-refractivity contribution in [2.24, 2.45) is 5.73 Å². The Morgan fingerprint density at radius 2 is 1.04 bits per heavy atom. The topological polar surface area (TPSA) is 29.3 Å². The van der Waals surface area contributed by atoms with Crippen molar-refractivity contribution in [2.45, 2.75) is 19.1 Å². The summed E-state index contributed by atoms with van der Waals surface area (Å²) in [5.74, 6) is 0. The van der Waals surface area contributed by atoms with Crippen molar-refractivity contribution in [3.8, 4) is 0 Å². The zero-order valence-corrected chi connectivity index (χ0v) is 13.9. The number of hydrogen-bond donors (Lipinski definition) is 1. The second-order valence-corrected chi connectivity index (χ2v) is 6.16. The van der Waals surface area contributed by atoms with Gasteiger partial charge in [-0.05, 0) is 16.7 Å². The van der Waals surface area contributed by atoms with Crippen LogP contribution in [0, 0.1) is 0 Å². The molecule has 122 valence electrons. The van der Waals surface area contributed by atoms with Crippen LogP contribution in [-0.2, 0) is 13.1 Å². The summed E-state index contributed by atoms with van der Waals surface area (Å²) in [6.45, 7) is 2.63. The standard InChI is InChI=1S/C22H24N2/c23-22(21-14-8-3-9-15-21)18-24(16-19-10-4-1-5-11-19)17-20-12-6-2-7-13-20/h1-15,22H,16-18,23H2/t22-/m1/s1. The van der Waals surface area contributed by atoms with Crippen molar-refractivity contribution in [3.63, 3.8) is 0 Å². The minimum atomic E-state index is 0.0126. The molecule has 0 amide bonds. The van der Waals surface area contributed by atoms with E-state index in [1.807, 2.05) is 18.2 Å². The monoisotopic (exact) mass is 316 g/mol. The molecule has 0 aliphatic carbocycles. The molecule has 1 atom stereocenters. The van der Waals surface area contributed by atoms with Crippen LogP contribution < -0.4 is 5.73 Å². The maximum atomic E-state index is 6.46. The van der Waals surface area contributed by atoms with E-state index in [9.17, 15) is 0 Å². The molecule has 0 heterocycles. The van der Waals surface area contributed by atoms with E-state index in [1.165, 1.54) is 16.7 Å². The molecule has 0 aliphatic heterocycles. The fourth-order valence-corrected chi connectivity index (χ4v) is 2.95. The van der Waals surface area contributed by atoms with Crippen molar-refractivity contribution < 1.29 is 0 Å². The molecule has 0 fully saturated rings. The quantitative estimate of drug-likeness (QED) is 0.700. The van der Waals surface area contributed by atoms with Gasteiger partial charge in [-0.15, -0.1) is 0 Å². The Bertz CT molecular complexity index is 669. The smallest absolute Gasteiger partial charge is 0.0424 e. The first kappa shape index (κ1) is 16.4. The van der Waals surface area contributed by atoms with Crippen LogP contribution in [0.4, 0.5) is 0 Å². The number of benzene rings is 3. The highest BCUT2D eigenvalue weighted by molar-refractivity contribution is 5.20. The van der Waals surface area contributed by atoms with Crippen LogP contribution >= 0.6 is 0 Å². The summed E-state index contributed by atoms with van der Waals surface area (Å²) in [5, 5.41) is 0. The number of nitrogens with zero attached hydrogens (tertiary/aromatic N) is 1. The second-order valence-electron chi connectivity index (χ2n) is 6.16. The van der Waals surface area contributed by atoms with Crippen LogP contribution in [0.3, 0.4) is 0 Å². The van der Waals surface area contributed by atoms with E-state index in [1.54, 1.807) is 0 Å². The normalized spacial score (nSPS) is 12.2. The van der Waals surface area contributed by atoms with E-state index in [-0.39, 0.29) is 6.04 Å². The number of hydrogen-bond acceptors (Lipinski definition) is 2. The van der Waals surface area contributed by atoms with Gasteiger partial charge < -0.3 is 5.73 Å². The summed E-state index contributed by atoms with van der Waals surface area (Å²) in [6, 6.07) is 31.5. The van der Waals surface area contributed by atoms with Crippen molar-refractivity contribution in [1.29, 1.82) is 0 Å². The number of nitrogens with two attached hydrogens (primary N) is 1. The van der Waals surface area contributed by atoms with Crippen LogP contribution in [0.5, 0.6) is 0 Å². The SMILES string of the molecule is N[C@H](CN(Cc1ccccc1)Cc1ccccc1)c1ccccc1. The minimum absolute atomic E-state index is 0.0126.